The van der Waals surface area contributed by atoms with E-state index in [1.54, 1.807) is 23.0 Å². The van der Waals surface area contributed by atoms with Gasteiger partial charge in [0.25, 0.3) is 0 Å². The van der Waals surface area contributed by atoms with Crippen molar-refractivity contribution in [3.63, 3.8) is 0 Å². The normalized spacial score (nSPS) is 34.0. The van der Waals surface area contributed by atoms with Crippen LogP contribution in [0.4, 0.5) is 0 Å². The van der Waals surface area contributed by atoms with Gasteiger partial charge in [-0.1, -0.05) is 0 Å². The summed E-state index contributed by atoms with van der Waals surface area (Å²) in [5.74, 6) is 0. The first kappa shape index (κ1) is 13.5. The Morgan fingerprint density at radius 3 is 2.44 bits per heavy atom. The second-order valence-corrected chi connectivity index (χ2v) is 3.90. The third kappa shape index (κ3) is 3.78. The molecule has 1 aliphatic rings. The van der Waals surface area contributed by atoms with Crippen LogP contribution in [0.2, 0.25) is 0 Å². The molecule has 1 saturated heterocycles. The van der Waals surface area contributed by atoms with E-state index in [4.69, 9.17) is 20.4 Å². The van der Waals surface area contributed by atoms with Gasteiger partial charge in [0.1, 0.15) is 31.0 Å². The lowest BCUT2D eigenvalue weighted by Crippen LogP contribution is -2.52. The minimum Gasteiger partial charge on any atom is -0.394 e. The SMILES string of the molecule is OC[C@H]1O[CH][C@H](O)[C@@H](O)[C@@H]1O.c1cscn1. The molecule has 1 aromatic heterocycles. The molecule has 1 aliphatic heterocycles. The summed E-state index contributed by atoms with van der Waals surface area (Å²) in [7, 11) is 0. The summed E-state index contributed by atoms with van der Waals surface area (Å²) >= 11 is 1.60. The van der Waals surface area contributed by atoms with Gasteiger partial charge in [-0.2, -0.15) is 0 Å². The van der Waals surface area contributed by atoms with Crippen molar-refractivity contribution in [1.29, 1.82) is 0 Å². The van der Waals surface area contributed by atoms with Crippen molar-refractivity contribution in [2.24, 2.45) is 0 Å². The third-order valence-corrected chi connectivity index (χ3v) is 2.52. The van der Waals surface area contributed by atoms with Crippen molar-refractivity contribution in [2.45, 2.75) is 24.4 Å². The summed E-state index contributed by atoms with van der Waals surface area (Å²) in [6, 6.07) is 0. The van der Waals surface area contributed by atoms with Crippen molar-refractivity contribution in [3.8, 4) is 0 Å². The van der Waals surface area contributed by atoms with Crippen molar-refractivity contribution >= 4 is 11.3 Å². The molecule has 4 atom stereocenters. The highest BCUT2D eigenvalue weighted by Gasteiger charge is 2.37. The summed E-state index contributed by atoms with van der Waals surface area (Å²) in [5, 5.41) is 37.5. The predicted molar refractivity (Wildman–Crippen MR) is 56.4 cm³/mol. The Balaban J connectivity index is 0.000000212. The molecule has 0 spiro atoms. The van der Waals surface area contributed by atoms with Gasteiger partial charge in [-0.25, -0.2) is 0 Å². The van der Waals surface area contributed by atoms with Gasteiger partial charge >= 0.3 is 0 Å². The molecule has 6 nitrogen and oxygen atoms in total. The van der Waals surface area contributed by atoms with Gasteiger partial charge in [-0.15, -0.1) is 11.3 Å². The van der Waals surface area contributed by atoms with Crippen LogP contribution in [-0.4, -0.2) is 56.4 Å². The molecule has 0 saturated carbocycles. The van der Waals surface area contributed by atoms with Gasteiger partial charge in [0.05, 0.1) is 12.1 Å². The molecule has 16 heavy (non-hydrogen) atoms. The van der Waals surface area contributed by atoms with E-state index in [1.807, 2.05) is 5.38 Å². The van der Waals surface area contributed by atoms with E-state index in [9.17, 15) is 0 Å². The molecule has 0 bridgehead atoms. The van der Waals surface area contributed by atoms with Crippen LogP contribution in [0, 0.1) is 6.61 Å². The summed E-state index contributed by atoms with van der Waals surface area (Å²) in [5.41, 5.74) is 1.79. The maximum Gasteiger partial charge on any atom is 0.115 e. The highest BCUT2D eigenvalue weighted by atomic mass is 32.1. The van der Waals surface area contributed by atoms with Crippen LogP contribution in [0.25, 0.3) is 0 Å². The van der Waals surface area contributed by atoms with Gasteiger partial charge < -0.3 is 25.2 Å². The number of rotatable bonds is 1. The van der Waals surface area contributed by atoms with Gasteiger partial charge in [0.15, 0.2) is 0 Å². The van der Waals surface area contributed by atoms with Crippen molar-refractivity contribution in [1.82, 2.24) is 4.98 Å². The van der Waals surface area contributed by atoms with E-state index in [1.165, 1.54) is 0 Å². The molecule has 7 heteroatoms. The Morgan fingerprint density at radius 1 is 1.25 bits per heavy atom. The fraction of sp³-hybridized carbons (Fsp3) is 0.556. The first-order valence-electron chi connectivity index (χ1n) is 4.62. The molecule has 2 rings (SSSR count). The van der Waals surface area contributed by atoms with E-state index >= 15 is 0 Å². The lowest BCUT2D eigenvalue weighted by atomic mass is 10.0. The predicted octanol–water partition coefficient (Wildman–Crippen LogP) is -1.23. The Labute approximate surface area is 96.8 Å². The zero-order valence-electron chi connectivity index (χ0n) is 8.38. The standard InChI is InChI=1S/C6H11O5.C3H3NS/c7-1-4-6(10)5(9)3(8)2-11-4;1-2-5-3-4-1/h2-10H,1H2;1-3H/t3-,4+,5+,6+;/m0./s1. The number of aliphatic hydroxyl groups excluding tert-OH is 4. The third-order valence-electron chi connectivity index (χ3n) is 2.00. The lowest BCUT2D eigenvalue weighted by molar-refractivity contribution is -0.169. The highest BCUT2D eigenvalue weighted by molar-refractivity contribution is 7.07. The molecular formula is C9H14NO5S. The van der Waals surface area contributed by atoms with Crippen LogP contribution >= 0.6 is 11.3 Å². The number of thiazole rings is 1. The number of aromatic nitrogens is 1. The van der Waals surface area contributed by atoms with E-state index < -0.39 is 24.4 Å². The molecule has 1 radical (unpaired) electrons. The van der Waals surface area contributed by atoms with Gasteiger partial charge in [0.2, 0.25) is 0 Å². The highest BCUT2D eigenvalue weighted by Crippen LogP contribution is 2.17. The molecular weight excluding hydrogens is 234 g/mol. The zero-order valence-corrected chi connectivity index (χ0v) is 9.19. The second kappa shape index (κ2) is 6.89. The number of aliphatic hydroxyl groups is 4. The average molecular weight is 248 g/mol. The molecule has 0 unspecified atom stereocenters. The molecule has 91 valence electrons. The Hall–Kier alpha value is -0.570. The largest absolute Gasteiger partial charge is 0.394 e. The van der Waals surface area contributed by atoms with Crippen molar-refractivity contribution in [2.75, 3.05) is 6.61 Å². The first-order valence-corrected chi connectivity index (χ1v) is 5.57. The maximum atomic E-state index is 9.09. The van der Waals surface area contributed by atoms with Crippen LogP contribution in [0.1, 0.15) is 0 Å². The number of hydrogen-bond donors (Lipinski definition) is 4. The molecule has 0 aromatic carbocycles. The summed E-state index contributed by atoms with van der Waals surface area (Å²) in [6.45, 7) is 0.611. The fourth-order valence-corrected chi connectivity index (χ4v) is 1.44. The quantitative estimate of drug-likeness (QED) is 0.496. The van der Waals surface area contributed by atoms with E-state index in [2.05, 4.69) is 9.72 Å². The van der Waals surface area contributed by atoms with E-state index in [-0.39, 0.29) is 6.61 Å². The van der Waals surface area contributed by atoms with Crippen molar-refractivity contribution in [3.05, 3.63) is 23.7 Å². The van der Waals surface area contributed by atoms with Crippen molar-refractivity contribution < 1.29 is 25.2 Å². The molecule has 1 fully saturated rings. The molecule has 0 aliphatic carbocycles. The molecule has 2 heterocycles. The molecule has 0 amide bonds. The van der Waals surface area contributed by atoms with Crippen LogP contribution in [0.15, 0.2) is 17.1 Å². The Morgan fingerprint density at radius 2 is 2.00 bits per heavy atom. The second-order valence-electron chi connectivity index (χ2n) is 3.14. The van der Waals surface area contributed by atoms with Gasteiger partial charge in [-0.05, 0) is 0 Å². The fourth-order valence-electron chi connectivity index (χ4n) is 1.09. The smallest absolute Gasteiger partial charge is 0.115 e. The topological polar surface area (TPSA) is 103 Å². The summed E-state index contributed by atoms with van der Waals surface area (Å²) in [4.78, 5) is 3.74. The number of ether oxygens (including phenoxy) is 1. The zero-order chi connectivity index (χ0) is 12.0. The van der Waals surface area contributed by atoms with Crippen LogP contribution in [0.5, 0.6) is 0 Å². The molecule has 4 N–H and O–H groups in total. The molecule has 1 aromatic rings. The lowest BCUT2D eigenvalue weighted by Gasteiger charge is -2.33. The van der Waals surface area contributed by atoms with Gasteiger partial charge in [0, 0.05) is 11.6 Å². The maximum absolute atomic E-state index is 9.09. The summed E-state index contributed by atoms with van der Waals surface area (Å²) in [6.07, 6.45) is -2.77. The minimum absolute atomic E-state index is 0.387. The number of hydrogen-bond acceptors (Lipinski definition) is 7. The van der Waals surface area contributed by atoms with Crippen LogP contribution in [-0.2, 0) is 4.74 Å². The van der Waals surface area contributed by atoms with Crippen LogP contribution in [0.3, 0.4) is 0 Å². The minimum atomic E-state index is -1.28. The Kier molecular flexibility index (Phi) is 5.81. The van der Waals surface area contributed by atoms with E-state index in [0.29, 0.717) is 0 Å². The first-order chi connectivity index (χ1) is 7.66. The average Bonchev–Trinajstić information content (AvgIpc) is 2.85. The monoisotopic (exact) mass is 248 g/mol. The van der Waals surface area contributed by atoms with Gasteiger partial charge in [-0.3, -0.25) is 4.98 Å². The van der Waals surface area contributed by atoms with E-state index in [0.717, 1.165) is 6.61 Å². The summed E-state index contributed by atoms with van der Waals surface area (Å²) < 4.78 is 4.69. The number of nitrogens with zero attached hydrogens (tertiary/aromatic N) is 1. The van der Waals surface area contributed by atoms with Crippen LogP contribution < -0.4 is 0 Å². The Bertz CT molecular complexity index is 252.